The number of nitrogens with one attached hydrogen (secondary N) is 1. The van der Waals surface area contributed by atoms with Gasteiger partial charge in [0.15, 0.2) is 34.7 Å². The van der Waals surface area contributed by atoms with Gasteiger partial charge in [-0.05, 0) is 53.9 Å². The smallest absolute Gasteiger partial charge is 0.243 e. The van der Waals surface area contributed by atoms with Crippen molar-refractivity contribution in [3.05, 3.63) is 77.5 Å². The molecule has 1 atom stereocenters. The van der Waals surface area contributed by atoms with Crippen molar-refractivity contribution in [3.8, 4) is 29.1 Å². The lowest BCUT2D eigenvalue weighted by atomic mass is 10.0. The van der Waals surface area contributed by atoms with E-state index in [9.17, 15) is 10.1 Å². The zero-order chi connectivity index (χ0) is 30.5. The number of ether oxygens (including phenoxy) is 4. The number of anilines is 1. The summed E-state index contributed by atoms with van der Waals surface area (Å²) < 4.78 is 21.7. The van der Waals surface area contributed by atoms with Crippen LogP contribution in [0.1, 0.15) is 22.7 Å². The Hall–Kier alpha value is -5.08. The third kappa shape index (κ3) is 6.16. The molecular weight excluding hydrogens is 560 g/mol. The molecule has 1 amide bonds. The van der Waals surface area contributed by atoms with Crippen LogP contribution in [0.25, 0.3) is 11.0 Å². The first-order chi connectivity index (χ1) is 21.6. The van der Waals surface area contributed by atoms with E-state index < -0.39 is 11.8 Å². The first-order valence-corrected chi connectivity index (χ1v) is 14.6. The Morgan fingerprint density at radius 2 is 1.66 bits per heavy atom. The van der Waals surface area contributed by atoms with Crippen LogP contribution in [0.5, 0.6) is 23.0 Å². The normalized spacial score (nSPS) is 15.1. The molecule has 226 valence electrons. The molecule has 1 saturated heterocycles. The number of carbonyl (C=O) groups excluding carboxylic acids is 1. The number of hydrogen-bond donors (Lipinski definition) is 1. The number of nitrogens with zero attached hydrogens (tertiary/aromatic N) is 5. The third-order valence-corrected chi connectivity index (χ3v) is 7.92. The average Bonchev–Trinajstić information content (AvgIpc) is 3.53. The topological polar surface area (TPSA) is 122 Å². The highest BCUT2D eigenvalue weighted by atomic mass is 16.7. The molecule has 4 aromatic rings. The lowest BCUT2D eigenvalue weighted by molar-refractivity contribution is -0.121. The van der Waals surface area contributed by atoms with Gasteiger partial charge in [0.1, 0.15) is 5.69 Å². The first kappa shape index (κ1) is 29.0. The number of para-hydroxylation sites is 2. The highest BCUT2D eigenvalue weighted by Gasteiger charge is 2.30. The molecule has 11 heteroatoms. The van der Waals surface area contributed by atoms with Gasteiger partial charge in [0.25, 0.3) is 0 Å². The van der Waals surface area contributed by atoms with Gasteiger partial charge in [0.2, 0.25) is 12.7 Å². The quantitative estimate of drug-likeness (QED) is 0.291. The summed E-state index contributed by atoms with van der Waals surface area (Å²) in [5.74, 6) is 1.88. The Labute approximate surface area is 255 Å². The molecule has 1 aromatic heterocycles. The Morgan fingerprint density at radius 3 is 2.41 bits per heavy atom. The van der Waals surface area contributed by atoms with Crippen LogP contribution in [-0.4, -0.2) is 74.5 Å². The molecule has 3 heterocycles. The summed E-state index contributed by atoms with van der Waals surface area (Å²) in [4.78, 5) is 27.6. The van der Waals surface area contributed by atoms with Crippen molar-refractivity contribution in [1.29, 1.82) is 5.26 Å². The standard InChI is InChI=1S/C33H34N6O5/c1-41-27-9-7-22(17-29(27)42-2)11-12-35-33(40)24(19-34)31-32(37-26-6-4-3-5-25(26)36-31)39-15-13-38(14-16-39)20-23-8-10-28-30(18-23)44-21-43-28/h3-10,17-18,24H,11-16,20-21H2,1-2H3,(H,35,40). The Bertz CT molecular complexity index is 1700. The molecule has 1 unspecified atom stereocenters. The van der Waals surface area contributed by atoms with E-state index in [2.05, 4.69) is 27.3 Å². The maximum Gasteiger partial charge on any atom is 0.243 e. The maximum absolute atomic E-state index is 13.4. The minimum absolute atomic E-state index is 0.256. The number of carbonyl (C=O) groups is 1. The van der Waals surface area contributed by atoms with E-state index in [0.29, 0.717) is 54.6 Å². The molecule has 0 radical (unpaired) electrons. The number of piperazine rings is 1. The van der Waals surface area contributed by atoms with E-state index in [-0.39, 0.29) is 6.79 Å². The van der Waals surface area contributed by atoms with Crippen LogP contribution < -0.4 is 29.2 Å². The van der Waals surface area contributed by atoms with Crippen molar-refractivity contribution in [3.63, 3.8) is 0 Å². The molecule has 0 saturated carbocycles. The predicted molar refractivity (Wildman–Crippen MR) is 164 cm³/mol. The zero-order valence-electron chi connectivity index (χ0n) is 24.8. The van der Waals surface area contributed by atoms with Crippen LogP contribution in [0.2, 0.25) is 0 Å². The minimum Gasteiger partial charge on any atom is -0.493 e. The predicted octanol–water partition coefficient (Wildman–Crippen LogP) is 3.66. The molecule has 0 spiro atoms. The summed E-state index contributed by atoms with van der Waals surface area (Å²) in [6.45, 7) is 4.33. The van der Waals surface area contributed by atoms with Crippen LogP contribution in [-0.2, 0) is 17.8 Å². The summed E-state index contributed by atoms with van der Waals surface area (Å²) in [6, 6.07) is 21.4. The monoisotopic (exact) mass is 594 g/mol. The molecule has 2 aliphatic heterocycles. The highest BCUT2D eigenvalue weighted by Crippen LogP contribution is 2.33. The van der Waals surface area contributed by atoms with Crippen molar-refractivity contribution < 1.29 is 23.7 Å². The van der Waals surface area contributed by atoms with Gasteiger partial charge in [-0.1, -0.05) is 24.3 Å². The van der Waals surface area contributed by atoms with Crippen molar-refractivity contribution in [2.24, 2.45) is 0 Å². The van der Waals surface area contributed by atoms with Crippen LogP contribution in [0, 0.1) is 11.3 Å². The number of methoxy groups -OCH3 is 2. The lowest BCUT2D eigenvalue weighted by Crippen LogP contribution is -2.47. The average molecular weight is 595 g/mol. The van der Waals surface area contributed by atoms with Gasteiger partial charge in [0, 0.05) is 39.3 Å². The third-order valence-electron chi connectivity index (χ3n) is 7.92. The summed E-state index contributed by atoms with van der Waals surface area (Å²) in [5.41, 5.74) is 3.87. The van der Waals surface area contributed by atoms with E-state index in [1.165, 1.54) is 0 Å². The van der Waals surface area contributed by atoms with Gasteiger partial charge >= 0.3 is 0 Å². The van der Waals surface area contributed by atoms with Gasteiger partial charge in [-0.3, -0.25) is 9.69 Å². The van der Waals surface area contributed by atoms with Crippen molar-refractivity contribution in [2.45, 2.75) is 18.9 Å². The number of rotatable bonds is 10. The van der Waals surface area contributed by atoms with Crippen LogP contribution in [0.4, 0.5) is 5.82 Å². The van der Waals surface area contributed by atoms with Gasteiger partial charge in [-0.15, -0.1) is 0 Å². The highest BCUT2D eigenvalue weighted by molar-refractivity contribution is 5.88. The fourth-order valence-corrected chi connectivity index (χ4v) is 5.56. The Balaban J connectivity index is 1.16. The maximum atomic E-state index is 13.4. The van der Waals surface area contributed by atoms with E-state index in [1.807, 2.05) is 54.6 Å². The van der Waals surface area contributed by atoms with E-state index >= 15 is 0 Å². The minimum atomic E-state index is -1.11. The fraction of sp³-hybridized carbons (Fsp3) is 0.333. The molecular formula is C33H34N6O5. The van der Waals surface area contributed by atoms with Crippen LogP contribution in [0.15, 0.2) is 60.7 Å². The SMILES string of the molecule is COc1ccc(CCNC(=O)C(C#N)c2nc3ccccc3nc2N2CCN(Cc3ccc4c(c3)OCO4)CC2)cc1OC. The number of fused-ring (bicyclic) bond motifs is 2. The van der Waals surface area contributed by atoms with Gasteiger partial charge in [-0.25, -0.2) is 9.97 Å². The number of aromatic nitrogens is 2. The second kappa shape index (κ2) is 13.1. The second-order valence-corrected chi connectivity index (χ2v) is 10.7. The second-order valence-electron chi connectivity index (χ2n) is 10.7. The molecule has 44 heavy (non-hydrogen) atoms. The lowest BCUT2D eigenvalue weighted by Gasteiger charge is -2.36. The van der Waals surface area contributed by atoms with Gasteiger partial charge < -0.3 is 29.2 Å². The number of amides is 1. The molecule has 0 bridgehead atoms. The van der Waals surface area contributed by atoms with Crippen molar-refractivity contribution in [2.75, 3.05) is 58.6 Å². The zero-order valence-corrected chi connectivity index (χ0v) is 24.8. The van der Waals surface area contributed by atoms with Crippen LogP contribution >= 0.6 is 0 Å². The van der Waals surface area contributed by atoms with E-state index in [4.69, 9.17) is 28.9 Å². The molecule has 6 rings (SSSR count). The number of nitriles is 1. The summed E-state index contributed by atoms with van der Waals surface area (Å²) in [7, 11) is 3.17. The first-order valence-electron chi connectivity index (χ1n) is 14.6. The fourth-order valence-electron chi connectivity index (χ4n) is 5.56. The summed E-state index contributed by atoms with van der Waals surface area (Å²) >= 11 is 0. The molecule has 1 fully saturated rings. The number of benzene rings is 3. The Morgan fingerprint density at radius 1 is 0.932 bits per heavy atom. The summed E-state index contributed by atoms with van der Waals surface area (Å²) in [6.07, 6.45) is 0.561. The largest absolute Gasteiger partial charge is 0.493 e. The molecule has 1 N–H and O–H groups in total. The Kier molecular flexibility index (Phi) is 8.61. The molecule has 3 aromatic carbocycles. The van der Waals surface area contributed by atoms with Gasteiger partial charge in [0.05, 0.1) is 31.3 Å². The molecule has 2 aliphatic rings. The summed E-state index contributed by atoms with van der Waals surface area (Å²) in [5, 5.41) is 13.1. The van der Waals surface area contributed by atoms with Crippen LogP contribution in [0.3, 0.4) is 0 Å². The van der Waals surface area contributed by atoms with Crippen molar-refractivity contribution >= 4 is 22.8 Å². The van der Waals surface area contributed by atoms with E-state index in [0.717, 1.165) is 47.8 Å². The van der Waals surface area contributed by atoms with Crippen molar-refractivity contribution in [1.82, 2.24) is 20.2 Å². The molecule has 0 aliphatic carbocycles. The van der Waals surface area contributed by atoms with Gasteiger partial charge in [-0.2, -0.15) is 5.26 Å². The number of hydrogen-bond acceptors (Lipinski definition) is 10. The van der Waals surface area contributed by atoms with E-state index in [1.54, 1.807) is 14.2 Å². The molecule has 11 nitrogen and oxygen atoms in total.